The van der Waals surface area contributed by atoms with Crippen LogP contribution in [0.25, 0.3) is 12.2 Å². The van der Waals surface area contributed by atoms with Crippen molar-refractivity contribution in [1.82, 2.24) is 0 Å². The predicted molar refractivity (Wildman–Crippen MR) is 102 cm³/mol. The second kappa shape index (κ2) is 7.92. The van der Waals surface area contributed by atoms with E-state index in [-0.39, 0.29) is 16.9 Å². The molecule has 0 aliphatic heterocycles. The maximum absolute atomic E-state index is 11.2. The molecule has 3 rings (SSSR count). The number of nitro benzene ring substituents is 2. The van der Waals surface area contributed by atoms with Crippen LogP contribution < -0.4 is 4.74 Å². The molecule has 0 spiro atoms. The number of nitrogens with zero attached hydrogens (tertiary/aromatic N) is 2. The monoisotopic (exact) mass is 362 g/mol. The van der Waals surface area contributed by atoms with Gasteiger partial charge in [-0.2, -0.15) is 0 Å². The molecule has 7 heteroatoms. The molecule has 0 unspecified atom stereocenters. The van der Waals surface area contributed by atoms with Crippen molar-refractivity contribution in [2.24, 2.45) is 0 Å². The number of rotatable bonds is 6. The minimum Gasteiger partial charge on any atom is -0.457 e. The van der Waals surface area contributed by atoms with Gasteiger partial charge in [-0.05, 0) is 42.0 Å². The number of hydrogen-bond acceptors (Lipinski definition) is 5. The topological polar surface area (TPSA) is 95.5 Å². The Morgan fingerprint density at radius 2 is 1.41 bits per heavy atom. The van der Waals surface area contributed by atoms with Gasteiger partial charge in [0.05, 0.1) is 21.5 Å². The molecule has 0 aliphatic carbocycles. The van der Waals surface area contributed by atoms with Crippen molar-refractivity contribution in [3.8, 4) is 11.5 Å². The van der Waals surface area contributed by atoms with E-state index in [1.165, 1.54) is 12.1 Å². The molecular formula is C20H14N2O5. The third-order valence-corrected chi connectivity index (χ3v) is 3.74. The molecule has 134 valence electrons. The maximum atomic E-state index is 11.2. The van der Waals surface area contributed by atoms with Crippen LogP contribution in [-0.4, -0.2) is 9.85 Å². The Hall–Kier alpha value is -4.00. The van der Waals surface area contributed by atoms with Crippen LogP contribution in [0.1, 0.15) is 11.1 Å². The summed E-state index contributed by atoms with van der Waals surface area (Å²) in [6.07, 6.45) is 3.25. The zero-order chi connectivity index (χ0) is 19.2. The highest BCUT2D eigenvalue weighted by atomic mass is 16.6. The van der Waals surface area contributed by atoms with Crippen molar-refractivity contribution in [1.29, 1.82) is 0 Å². The number of nitro groups is 2. The highest BCUT2D eigenvalue weighted by Crippen LogP contribution is 2.27. The fourth-order valence-corrected chi connectivity index (χ4v) is 2.40. The van der Waals surface area contributed by atoms with Gasteiger partial charge in [-0.1, -0.05) is 36.4 Å². The quantitative estimate of drug-likeness (QED) is 0.329. The first-order valence-electron chi connectivity index (χ1n) is 7.97. The summed E-state index contributed by atoms with van der Waals surface area (Å²) in [5, 5.41) is 21.9. The van der Waals surface area contributed by atoms with E-state index in [4.69, 9.17) is 4.74 Å². The fourth-order valence-electron chi connectivity index (χ4n) is 2.40. The SMILES string of the molecule is O=[N+]([O-])c1ccc(C=Cc2ccc(Oc3ccccc3)cc2)c([N+](=O)[O-])c1. The third-order valence-electron chi connectivity index (χ3n) is 3.74. The van der Waals surface area contributed by atoms with Gasteiger partial charge in [0.2, 0.25) is 0 Å². The van der Waals surface area contributed by atoms with Gasteiger partial charge in [-0.25, -0.2) is 0 Å². The Balaban J connectivity index is 1.78. The first-order chi connectivity index (χ1) is 13.0. The van der Waals surface area contributed by atoms with Gasteiger partial charge < -0.3 is 4.74 Å². The molecule has 0 atom stereocenters. The Bertz CT molecular complexity index is 999. The molecule has 7 nitrogen and oxygen atoms in total. The predicted octanol–water partition coefficient (Wildman–Crippen LogP) is 5.47. The van der Waals surface area contributed by atoms with Crippen molar-refractivity contribution in [2.75, 3.05) is 0 Å². The molecule has 0 N–H and O–H groups in total. The average Bonchev–Trinajstić information content (AvgIpc) is 2.68. The molecule has 0 bridgehead atoms. The number of hydrogen-bond donors (Lipinski definition) is 0. The maximum Gasteiger partial charge on any atom is 0.283 e. The lowest BCUT2D eigenvalue weighted by Gasteiger charge is -2.05. The van der Waals surface area contributed by atoms with Gasteiger partial charge >= 0.3 is 0 Å². The lowest BCUT2D eigenvalue weighted by Crippen LogP contribution is -1.94. The summed E-state index contributed by atoms with van der Waals surface area (Å²) in [4.78, 5) is 20.6. The van der Waals surface area contributed by atoms with Gasteiger partial charge in [0.15, 0.2) is 0 Å². The smallest absolute Gasteiger partial charge is 0.283 e. The van der Waals surface area contributed by atoms with E-state index in [2.05, 4.69) is 0 Å². The van der Waals surface area contributed by atoms with Crippen LogP contribution in [0.2, 0.25) is 0 Å². The van der Waals surface area contributed by atoms with Crippen molar-refractivity contribution < 1.29 is 14.6 Å². The second-order valence-corrected chi connectivity index (χ2v) is 5.57. The van der Waals surface area contributed by atoms with Crippen LogP contribution in [0.3, 0.4) is 0 Å². The van der Waals surface area contributed by atoms with Gasteiger partial charge in [-0.15, -0.1) is 0 Å². The molecule has 3 aromatic rings. The van der Waals surface area contributed by atoms with Crippen molar-refractivity contribution in [2.45, 2.75) is 0 Å². The molecular weight excluding hydrogens is 348 g/mol. The van der Waals surface area contributed by atoms with E-state index >= 15 is 0 Å². The summed E-state index contributed by atoms with van der Waals surface area (Å²) in [5.74, 6) is 1.39. The minimum atomic E-state index is -0.661. The molecule has 0 fully saturated rings. The third kappa shape index (κ3) is 4.55. The first-order valence-corrected chi connectivity index (χ1v) is 7.97. The van der Waals surface area contributed by atoms with Crippen LogP contribution in [0, 0.1) is 20.2 Å². The highest BCUT2D eigenvalue weighted by Gasteiger charge is 2.17. The fraction of sp³-hybridized carbons (Fsp3) is 0. The Morgan fingerprint density at radius 1 is 0.741 bits per heavy atom. The number of non-ortho nitro benzene ring substituents is 1. The molecule has 0 radical (unpaired) electrons. The van der Waals surface area contributed by atoms with Crippen molar-refractivity contribution in [3.05, 3.63) is 104 Å². The summed E-state index contributed by atoms with van der Waals surface area (Å²) < 4.78 is 5.71. The Kier molecular flexibility index (Phi) is 5.22. The van der Waals surface area contributed by atoms with Gasteiger partial charge in [0.25, 0.3) is 11.4 Å². The Labute approximate surface area is 154 Å². The van der Waals surface area contributed by atoms with Gasteiger partial charge in [0, 0.05) is 6.07 Å². The standard InChI is InChI=1S/C20H14N2O5/c23-21(24)17-11-10-16(20(14-17)22(25)26)9-6-15-7-12-19(13-8-15)27-18-4-2-1-3-5-18/h1-14H. The van der Waals surface area contributed by atoms with Gasteiger partial charge in [-0.3, -0.25) is 20.2 Å². The molecule has 0 aliphatic rings. The van der Waals surface area contributed by atoms with E-state index in [0.29, 0.717) is 5.75 Å². The number of para-hydroxylation sites is 1. The van der Waals surface area contributed by atoms with E-state index in [0.717, 1.165) is 17.4 Å². The van der Waals surface area contributed by atoms with Crippen LogP contribution in [0.4, 0.5) is 11.4 Å². The first kappa shape index (κ1) is 17.8. The Morgan fingerprint density at radius 3 is 2.04 bits per heavy atom. The highest BCUT2D eigenvalue weighted by molar-refractivity contribution is 5.75. The summed E-state index contributed by atoms with van der Waals surface area (Å²) in [6.45, 7) is 0. The zero-order valence-electron chi connectivity index (χ0n) is 14.0. The van der Waals surface area contributed by atoms with Crippen LogP contribution in [-0.2, 0) is 0 Å². The summed E-state index contributed by atoms with van der Waals surface area (Å²) in [6, 6.07) is 20.1. The lowest BCUT2D eigenvalue weighted by atomic mass is 10.1. The molecule has 0 amide bonds. The summed E-state index contributed by atoms with van der Waals surface area (Å²) >= 11 is 0. The largest absolute Gasteiger partial charge is 0.457 e. The van der Waals surface area contributed by atoms with Gasteiger partial charge in [0.1, 0.15) is 11.5 Å². The summed E-state index contributed by atoms with van der Waals surface area (Å²) in [5.41, 5.74) is 0.462. The lowest BCUT2D eigenvalue weighted by molar-refractivity contribution is -0.394. The summed E-state index contributed by atoms with van der Waals surface area (Å²) in [7, 11) is 0. The molecule has 0 heterocycles. The number of ether oxygens (including phenoxy) is 1. The van der Waals surface area contributed by atoms with Crippen molar-refractivity contribution >= 4 is 23.5 Å². The zero-order valence-corrected chi connectivity index (χ0v) is 14.0. The second-order valence-electron chi connectivity index (χ2n) is 5.57. The van der Waals surface area contributed by atoms with E-state index in [1.807, 2.05) is 42.5 Å². The average molecular weight is 362 g/mol. The van der Waals surface area contributed by atoms with Crippen molar-refractivity contribution in [3.63, 3.8) is 0 Å². The normalized spacial score (nSPS) is 10.7. The van der Waals surface area contributed by atoms with Crippen LogP contribution in [0.5, 0.6) is 11.5 Å². The number of benzene rings is 3. The molecule has 3 aromatic carbocycles. The minimum absolute atomic E-state index is 0.287. The van der Waals surface area contributed by atoms with E-state index in [9.17, 15) is 20.2 Å². The van der Waals surface area contributed by atoms with E-state index in [1.54, 1.807) is 24.3 Å². The molecule has 0 saturated heterocycles. The van der Waals surface area contributed by atoms with Crippen LogP contribution in [0.15, 0.2) is 72.8 Å². The molecule has 0 aromatic heterocycles. The van der Waals surface area contributed by atoms with Crippen LogP contribution >= 0.6 is 0 Å². The van der Waals surface area contributed by atoms with E-state index < -0.39 is 9.85 Å². The molecule has 27 heavy (non-hydrogen) atoms. The molecule has 0 saturated carbocycles.